The standard InChI is InChI=1S/C19H16N4O/c1-24-14-10-8-13(9-11-14)21-18-15-5-2-3-6-16(15)22-19(23-18)17-7-4-12-20-17/h2-12,20H,1H3,(H,21,22,23). The molecule has 5 heteroatoms. The summed E-state index contributed by atoms with van der Waals surface area (Å²) < 4.78 is 5.20. The summed E-state index contributed by atoms with van der Waals surface area (Å²) in [5.74, 6) is 2.25. The van der Waals surface area contributed by atoms with Crippen molar-refractivity contribution in [2.45, 2.75) is 0 Å². The Morgan fingerprint density at radius 1 is 0.917 bits per heavy atom. The molecule has 0 amide bonds. The van der Waals surface area contributed by atoms with Gasteiger partial charge in [-0.3, -0.25) is 0 Å². The normalized spacial score (nSPS) is 10.7. The van der Waals surface area contributed by atoms with E-state index in [0.29, 0.717) is 5.82 Å². The van der Waals surface area contributed by atoms with Gasteiger partial charge in [0.15, 0.2) is 5.82 Å². The molecule has 24 heavy (non-hydrogen) atoms. The molecule has 0 saturated carbocycles. The fraction of sp³-hybridized carbons (Fsp3) is 0.0526. The Hall–Kier alpha value is -3.34. The fourth-order valence-electron chi connectivity index (χ4n) is 2.57. The maximum atomic E-state index is 5.20. The number of benzene rings is 2. The second-order valence-corrected chi connectivity index (χ2v) is 5.35. The summed E-state index contributed by atoms with van der Waals surface area (Å²) in [5, 5.41) is 4.36. The average Bonchev–Trinajstić information content (AvgIpc) is 3.17. The second-order valence-electron chi connectivity index (χ2n) is 5.35. The lowest BCUT2D eigenvalue weighted by Crippen LogP contribution is -1.99. The van der Waals surface area contributed by atoms with Crippen LogP contribution in [-0.2, 0) is 0 Å². The molecule has 118 valence electrons. The molecule has 5 nitrogen and oxygen atoms in total. The zero-order valence-electron chi connectivity index (χ0n) is 13.2. The Morgan fingerprint density at radius 3 is 2.50 bits per heavy atom. The molecule has 0 spiro atoms. The maximum Gasteiger partial charge on any atom is 0.178 e. The van der Waals surface area contributed by atoms with Gasteiger partial charge in [0.25, 0.3) is 0 Å². The third-order valence-electron chi connectivity index (χ3n) is 3.79. The van der Waals surface area contributed by atoms with E-state index in [4.69, 9.17) is 9.72 Å². The number of nitrogens with one attached hydrogen (secondary N) is 2. The first kappa shape index (κ1) is 14.3. The molecular weight excluding hydrogens is 300 g/mol. The molecule has 0 bridgehead atoms. The van der Waals surface area contributed by atoms with E-state index >= 15 is 0 Å². The van der Waals surface area contributed by atoms with E-state index in [9.17, 15) is 0 Å². The van der Waals surface area contributed by atoms with E-state index in [2.05, 4.69) is 15.3 Å². The third kappa shape index (κ3) is 2.67. The van der Waals surface area contributed by atoms with E-state index in [1.807, 2.05) is 66.9 Å². The van der Waals surface area contributed by atoms with Crippen LogP contribution in [0, 0.1) is 0 Å². The summed E-state index contributed by atoms with van der Waals surface area (Å²) in [6.45, 7) is 0. The molecule has 2 N–H and O–H groups in total. The summed E-state index contributed by atoms with van der Waals surface area (Å²) in [6.07, 6.45) is 1.87. The zero-order valence-corrected chi connectivity index (χ0v) is 13.2. The van der Waals surface area contributed by atoms with Gasteiger partial charge >= 0.3 is 0 Å². The Labute approximate surface area is 139 Å². The average molecular weight is 316 g/mol. The van der Waals surface area contributed by atoms with Crippen molar-refractivity contribution in [2.24, 2.45) is 0 Å². The number of rotatable bonds is 4. The van der Waals surface area contributed by atoms with Crippen LogP contribution in [0.4, 0.5) is 11.5 Å². The lowest BCUT2D eigenvalue weighted by Gasteiger charge is -2.11. The van der Waals surface area contributed by atoms with Crippen molar-refractivity contribution in [3.05, 3.63) is 66.9 Å². The number of methoxy groups -OCH3 is 1. The molecule has 0 radical (unpaired) electrons. The van der Waals surface area contributed by atoms with Crippen molar-refractivity contribution in [2.75, 3.05) is 12.4 Å². The molecule has 0 saturated heterocycles. The lowest BCUT2D eigenvalue weighted by molar-refractivity contribution is 0.415. The molecule has 0 fully saturated rings. The van der Waals surface area contributed by atoms with Gasteiger partial charge < -0.3 is 15.0 Å². The number of anilines is 2. The van der Waals surface area contributed by atoms with Gasteiger partial charge in [0.1, 0.15) is 11.6 Å². The Balaban J connectivity index is 1.80. The predicted octanol–water partition coefficient (Wildman–Crippen LogP) is 4.38. The number of aromatic amines is 1. The van der Waals surface area contributed by atoms with Crippen LogP contribution in [0.15, 0.2) is 66.9 Å². The molecule has 2 aromatic heterocycles. The summed E-state index contributed by atoms with van der Waals surface area (Å²) in [7, 11) is 1.66. The number of H-pyrrole nitrogens is 1. The van der Waals surface area contributed by atoms with Crippen LogP contribution in [0.2, 0.25) is 0 Å². The van der Waals surface area contributed by atoms with Gasteiger partial charge in [0.2, 0.25) is 0 Å². The topological polar surface area (TPSA) is 62.8 Å². The number of aromatic nitrogens is 3. The highest BCUT2D eigenvalue weighted by atomic mass is 16.5. The molecule has 0 aliphatic rings. The summed E-state index contributed by atoms with van der Waals surface area (Å²) in [4.78, 5) is 12.5. The third-order valence-corrected chi connectivity index (χ3v) is 3.79. The number of hydrogen-bond acceptors (Lipinski definition) is 4. The van der Waals surface area contributed by atoms with Gasteiger partial charge in [-0.05, 0) is 48.5 Å². The minimum absolute atomic E-state index is 0.662. The SMILES string of the molecule is COc1ccc(Nc2nc(-c3ccc[nH]3)nc3ccccc23)cc1. The molecular formula is C19H16N4O. The predicted molar refractivity (Wildman–Crippen MR) is 95.6 cm³/mol. The second kappa shape index (κ2) is 6.04. The first-order valence-corrected chi connectivity index (χ1v) is 7.65. The Kier molecular flexibility index (Phi) is 3.59. The summed E-state index contributed by atoms with van der Waals surface area (Å²) >= 11 is 0. The monoisotopic (exact) mass is 316 g/mol. The van der Waals surface area contributed by atoms with Crippen molar-refractivity contribution in [1.82, 2.24) is 15.0 Å². The van der Waals surface area contributed by atoms with Crippen molar-refractivity contribution in [1.29, 1.82) is 0 Å². The van der Waals surface area contributed by atoms with Crippen LogP contribution in [0.3, 0.4) is 0 Å². The van der Waals surface area contributed by atoms with Crippen molar-refractivity contribution in [3.8, 4) is 17.3 Å². The molecule has 0 atom stereocenters. The van der Waals surface area contributed by atoms with Gasteiger partial charge in [-0.1, -0.05) is 12.1 Å². The highest BCUT2D eigenvalue weighted by molar-refractivity contribution is 5.92. The van der Waals surface area contributed by atoms with Gasteiger partial charge in [-0.25, -0.2) is 9.97 Å². The van der Waals surface area contributed by atoms with E-state index in [1.165, 1.54) is 0 Å². The number of nitrogens with zero attached hydrogens (tertiary/aromatic N) is 2. The minimum atomic E-state index is 0.662. The van der Waals surface area contributed by atoms with Gasteiger partial charge in [-0.2, -0.15) is 0 Å². The number of fused-ring (bicyclic) bond motifs is 1. The van der Waals surface area contributed by atoms with Gasteiger partial charge in [0, 0.05) is 17.3 Å². The van der Waals surface area contributed by atoms with Crippen LogP contribution in [0.25, 0.3) is 22.4 Å². The van der Waals surface area contributed by atoms with Gasteiger partial charge in [0.05, 0.1) is 18.3 Å². The van der Waals surface area contributed by atoms with Crippen LogP contribution in [0.5, 0.6) is 5.75 Å². The first-order chi connectivity index (χ1) is 11.8. The molecule has 0 aliphatic heterocycles. The van der Waals surface area contributed by atoms with E-state index in [-0.39, 0.29) is 0 Å². The lowest BCUT2D eigenvalue weighted by atomic mass is 10.2. The van der Waals surface area contributed by atoms with Crippen LogP contribution in [0.1, 0.15) is 0 Å². The van der Waals surface area contributed by atoms with Crippen molar-refractivity contribution < 1.29 is 4.74 Å². The van der Waals surface area contributed by atoms with E-state index in [1.54, 1.807) is 7.11 Å². The van der Waals surface area contributed by atoms with Gasteiger partial charge in [-0.15, -0.1) is 0 Å². The van der Waals surface area contributed by atoms with Crippen LogP contribution >= 0.6 is 0 Å². The quantitative estimate of drug-likeness (QED) is 0.586. The highest BCUT2D eigenvalue weighted by Crippen LogP contribution is 2.27. The van der Waals surface area contributed by atoms with E-state index in [0.717, 1.165) is 33.9 Å². The number of hydrogen-bond donors (Lipinski definition) is 2. The van der Waals surface area contributed by atoms with E-state index < -0.39 is 0 Å². The van der Waals surface area contributed by atoms with Crippen LogP contribution in [-0.4, -0.2) is 22.1 Å². The van der Waals surface area contributed by atoms with Crippen molar-refractivity contribution >= 4 is 22.4 Å². The molecule has 2 heterocycles. The Morgan fingerprint density at radius 2 is 1.75 bits per heavy atom. The first-order valence-electron chi connectivity index (χ1n) is 7.65. The van der Waals surface area contributed by atoms with Crippen LogP contribution < -0.4 is 10.1 Å². The molecule has 4 rings (SSSR count). The molecule has 0 aliphatic carbocycles. The number of para-hydroxylation sites is 1. The van der Waals surface area contributed by atoms with Crippen molar-refractivity contribution in [3.63, 3.8) is 0 Å². The molecule has 4 aromatic rings. The minimum Gasteiger partial charge on any atom is -0.497 e. The highest BCUT2D eigenvalue weighted by Gasteiger charge is 2.10. The zero-order chi connectivity index (χ0) is 16.4. The maximum absolute atomic E-state index is 5.20. The molecule has 0 unspecified atom stereocenters. The summed E-state index contributed by atoms with van der Waals surface area (Å²) in [5.41, 5.74) is 2.73. The smallest absolute Gasteiger partial charge is 0.178 e. The number of ether oxygens (including phenoxy) is 1. The summed E-state index contributed by atoms with van der Waals surface area (Å²) in [6, 6.07) is 19.6. The molecule has 2 aromatic carbocycles. The fourth-order valence-corrected chi connectivity index (χ4v) is 2.57. The Bertz CT molecular complexity index is 963. The largest absolute Gasteiger partial charge is 0.497 e.